The van der Waals surface area contributed by atoms with Crippen LogP contribution in [0.4, 0.5) is 0 Å². The zero-order valence-electron chi connectivity index (χ0n) is 7.02. The number of hydrogen-bond donors (Lipinski definition) is 0. The van der Waals surface area contributed by atoms with Crippen LogP contribution in [0, 0.1) is 5.92 Å². The third-order valence-corrected chi connectivity index (χ3v) is 2.60. The van der Waals surface area contributed by atoms with Crippen molar-refractivity contribution in [3.8, 4) is 0 Å². The Hall–Kier alpha value is -0.0800. The Kier molecular flexibility index (Phi) is 2.32. The Balaban J connectivity index is 2.61. The van der Waals surface area contributed by atoms with E-state index in [1.54, 1.807) is 14.2 Å². The highest BCUT2D eigenvalue weighted by molar-refractivity contribution is 4.82. The number of methoxy groups -OCH3 is 2. The third-order valence-electron chi connectivity index (χ3n) is 2.60. The highest BCUT2D eigenvalue weighted by Gasteiger charge is 2.40. The van der Waals surface area contributed by atoms with Gasteiger partial charge in [0.1, 0.15) is 0 Å². The molecule has 2 heteroatoms. The second-order valence-corrected chi connectivity index (χ2v) is 3.01. The van der Waals surface area contributed by atoms with Crippen molar-refractivity contribution >= 4 is 0 Å². The van der Waals surface area contributed by atoms with Crippen molar-refractivity contribution in [3.63, 3.8) is 0 Å². The monoisotopic (exact) mass is 144 g/mol. The van der Waals surface area contributed by atoms with Crippen LogP contribution >= 0.6 is 0 Å². The van der Waals surface area contributed by atoms with E-state index >= 15 is 0 Å². The van der Waals surface area contributed by atoms with Crippen LogP contribution in [-0.4, -0.2) is 20.0 Å². The van der Waals surface area contributed by atoms with Gasteiger partial charge in [0.15, 0.2) is 5.79 Å². The molecule has 1 aliphatic rings. The zero-order chi connectivity index (χ0) is 7.61. The topological polar surface area (TPSA) is 18.5 Å². The van der Waals surface area contributed by atoms with Crippen LogP contribution in [0.15, 0.2) is 0 Å². The van der Waals surface area contributed by atoms with E-state index < -0.39 is 0 Å². The number of hydrogen-bond acceptors (Lipinski definition) is 2. The van der Waals surface area contributed by atoms with Crippen molar-refractivity contribution in [2.24, 2.45) is 5.92 Å². The van der Waals surface area contributed by atoms with Gasteiger partial charge in [-0.15, -0.1) is 0 Å². The van der Waals surface area contributed by atoms with Gasteiger partial charge in [0, 0.05) is 26.6 Å². The minimum Gasteiger partial charge on any atom is -0.353 e. The van der Waals surface area contributed by atoms with Gasteiger partial charge in [0.05, 0.1) is 0 Å². The maximum Gasteiger partial charge on any atom is 0.170 e. The van der Waals surface area contributed by atoms with Gasteiger partial charge in [-0.25, -0.2) is 0 Å². The van der Waals surface area contributed by atoms with Crippen molar-refractivity contribution in [2.45, 2.75) is 32.0 Å². The summed E-state index contributed by atoms with van der Waals surface area (Å²) in [5.41, 5.74) is 0. The summed E-state index contributed by atoms with van der Waals surface area (Å²) in [4.78, 5) is 0. The molecule has 0 spiro atoms. The minimum absolute atomic E-state index is 0.264. The molecular formula is C8H16O2. The maximum absolute atomic E-state index is 5.34. The minimum atomic E-state index is -0.264. The van der Waals surface area contributed by atoms with Gasteiger partial charge in [-0.3, -0.25) is 0 Å². The largest absolute Gasteiger partial charge is 0.353 e. The molecule has 0 aromatic rings. The molecule has 0 heterocycles. The van der Waals surface area contributed by atoms with Crippen LogP contribution in [-0.2, 0) is 9.47 Å². The van der Waals surface area contributed by atoms with Crippen LogP contribution in [0.5, 0.6) is 0 Å². The molecule has 1 aliphatic carbocycles. The quantitative estimate of drug-likeness (QED) is 0.550. The van der Waals surface area contributed by atoms with Gasteiger partial charge in [0.25, 0.3) is 0 Å². The molecule has 0 saturated heterocycles. The first-order valence-corrected chi connectivity index (χ1v) is 3.85. The first kappa shape index (κ1) is 8.02. The molecule has 0 aliphatic heterocycles. The van der Waals surface area contributed by atoms with Crippen LogP contribution in [0.1, 0.15) is 26.2 Å². The van der Waals surface area contributed by atoms with Crippen molar-refractivity contribution in [1.82, 2.24) is 0 Å². The predicted octanol–water partition coefficient (Wildman–Crippen LogP) is 1.80. The second kappa shape index (κ2) is 2.89. The highest BCUT2D eigenvalue weighted by Crippen LogP contribution is 2.38. The van der Waals surface area contributed by atoms with Crippen molar-refractivity contribution in [1.29, 1.82) is 0 Å². The van der Waals surface area contributed by atoms with Gasteiger partial charge in [-0.1, -0.05) is 6.92 Å². The van der Waals surface area contributed by atoms with E-state index in [1.807, 2.05) is 0 Å². The molecule has 0 bridgehead atoms. The molecule has 0 aromatic carbocycles. The summed E-state index contributed by atoms with van der Waals surface area (Å²) in [6.07, 6.45) is 3.49. The molecule has 1 unspecified atom stereocenters. The van der Waals surface area contributed by atoms with E-state index in [0.29, 0.717) is 5.92 Å². The van der Waals surface area contributed by atoms with Crippen molar-refractivity contribution in [3.05, 3.63) is 0 Å². The average Bonchev–Trinajstić information content (AvgIpc) is 2.32. The normalized spacial score (nSPS) is 30.9. The summed E-state index contributed by atoms with van der Waals surface area (Å²) in [7, 11) is 3.46. The van der Waals surface area contributed by atoms with E-state index in [2.05, 4.69) is 6.92 Å². The van der Waals surface area contributed by atoms with Gasteiger partial charge in [0.2, 0.25) is 0 Å². The molecule has 2 nitrogen and oxygen atoms in total. The fraction of sp³-hybridized carbons (Fsp3) is 1.00. The molecule has 60 valence electrons. The lowest BCUT2D eigenvalue weighted by Gasteiger charge is -2.30. The van der Waals surface area contributed by atoms with Crippen molar-refractivity contribution in [2.75, 3.05) is 14.2 Å². The zero-order valence-corrected chi connectivity index (χ0v) is 7.02. The Labute approximate surface area is 62.5 Å². The average molecular weight is 144 g/mol. The summed E-state index contributed by atoms with van der Waals surface area (Å²) >= 11 is 0. The Morgan fingerprint density at radius 3 is 2.10 bits per heavy atom. The van der Waals surface area contributed by atoms with Crippen LogP contribution < -0.4 is 0 Å². The first-order valence-electron chi connectivity index (χ1n) is 3.85. The lowest BCUT2D eigenvalue weighted by atomic mass is 10.1. The van der Waals surface area contributed by atoms with E-state index in [1.165, 1.54) is 12.8 Å². The SMILES string of the molecule is COC1(OC)CCCC1C. The molecule has 0 aromatic heterocycles. The molecule has 1 rings (SSSR count). The first-order chi connectivity index (χ1) is 4.75. The highest BCUT2D eigenvalue weighted by atomic mass is 16.7. The van der Waals surface area contributed by atoms with Gasteiger partial charge >= 0.3 is 0 Å². The standard InChI is InChI=1S/C8H16O2/c1-7-5-4-6-8(7,9-2)10-3/h7H,4-6H2,1-3H3. The third kappa shape index (κ3) is 1.06. The summed E-state index contributed by atoms with van der Waals surface area (Å²) in [5.74, 6) is 0.280. The van der Waals surface area contributed by atoms with Crippen molar-refractivity contribution < 1.29 is 9.47 Å². The van der Waals surface area contributed by atoms with Gasteiger partial charge < -0.3 is 9.47 Å². The Morgan fingerprint density at radius 1 is 1.30 bits per heavy atom. The number of rotatable bonds is 2. The Bertz CT molecular complexity index is 108. The fourth-order valence-electron chi connectivity index (χ4n) is 1.81. The molecule has 0 amide bonds. The van der Waals surface area contributed by atoms with E-state index in [-0.39, 0.29) is 5.79 Å². The molecular weight excluding hydrogens is 128 g/mol. The van der Waals surface area contributed by atoms with Crippen LogP contribution in [0.25, 0.3) is 0 Å². The van der Waals surface area contributed by atoms with E-state index in [9.17, 15) is 0 Å². The maximum atomic E-state index is 5.34. The molecule has 1 fully saturated rings. The molecule has 10 heavy (non-hydrogen) atoms. The van der Waals surface area contributed by atoms with Crippen LogP contribution in [0.3, 0.4) is 0 Å². The smallest absolute Gasteiger partial charge is 0.170 e. The van der Waals surface area contributed by atoms with Crippen LogP contribution in [0.2, 0.25) is 0 Å². The summed E-state index contributed by atoms with van der Waals surface area (Å²) in [6.45, 7) is 2.18. The summed E-state index contributed by atoms with van der Waals surface area (Å²) < 4.78 is 10.7. The molecule has 1 saturated carbocycles. The van der Waals surface area contributed by atoms with E-state index in [0.717, 1.165) is 6.42 Å². The second-order valence-electron chi connectivity index (χ2n) is 3.01. The molecule has 0 N–H and O–H groups in total. The lowest BCUT2D eigenvalue weighted by Crippen LogP contribution is -2.36. The molecule has 0 radical (unpaired) electrons. The van der Waals surface area contributed by atoms with Gasteiger partial charge in [-0.05, 0) is 12.8 Å². The fourth-order valence-corrected chi connectivity index (χ4v) is 1.81. The number of ether oxygens (including phenoxy) is 2. The summed E-state index contributed by atoms with van der Waals surface area (Å²) in [5, 5.41) is 0. The Morgan fingerprint density at radius 2 is 1.90 bits per heavy atom. The lowest BCUT2D eigenvalue weighted by molar-refractivity contribution is -0.224. The predicted molar refractivity (Wildman–Crippen MR) is 39.8 cm³/mol. The molecule has 1 atom stereocenters. The van der Waals surface area contributed by atoms with Gasteiger partial charge in [-0.2, -0.15) is 0 Å². The summed E-state index contributed by atoms with van der Waals surface area (Å²) in [6, 6.07) is 0. The van der Waals surface area contributed by atoms with E-state index in [4.69, 9.17) is 9.47 Å².